The number of pyridine rings is 1. The van der Waals surface area contributed by atoms with Gasteiger partial charge in [-0.15, -0.1) is 24.8 Å². The number of nitrogens with two attached hydrogens (primary N) is 1. The van der Waals surface area contributed by atoms with Gasteiger partial charge < -0.3 is 16.0 Å². The molecule has 2 aromatic rings. The molecule has 0 saturated heterocycles. The lowest BCUT2D eigenvalue weighted by molar-refractivity contribution is -0.126. The molecule has 8 heteroatoms. The number of hydrogen-bond acceptors (Lipinski definition) is 4. The number of rotatable bonds is 5. The van der Waals surface area contributed by atoms with Crippen LogP contribution >= 0.6 is 40.7 Å². The fraction of sp³-hybridized carbons (Fsp3) is 0.294. The van der Waals surface area contributed by atoms with Crippen molar-refractivity contribution in [1.82, 2.24) is 10.3 Å². The van der Waals surface area contributed by atoms with Gasteiger partial charge in [0, 0.05) is 31.3 Å². The van der Waals surface area contributed by atoms with Gasteiger partial charge in [0.2, 0.25) is 5.91 Å². The van der Waals surface area contributed by atoms with E-state index in [2.05, 4.69) is 26.2 Å². The third-order valence-corrected chi connectivity index (χ3v) is 4.16. The Balaban J connectivity index is 0.00000288. The highest BCUT2D eigenvalue weighted by atomic mass is 79.9. The highest BCUT2D eigenvalue weighted by Gasteiger charge is 2.30. The number of anilines is 1. The number of carbonyl (C=O) groups is 1. The summed E-state index contributed by atoms with van der Waals surface area (Å²) in [5.74, 6) is 0.648. The molecule has 1 aromatic carbocycles. The van der Waals surface area contributed by atoms with Gasteiger partial charge in [0.05, 0.1) is 0 Å². The van der Waals surface area contributed by atoms with Gasteiger partial charge in [-0.3, -0.25) is 4.79 Å². The second-order valence-electron chi connectivity index (χ2n) is 5.81. The molecule has 0 spiro atoms. The third kappa shape index (κ3) is 6.15. The predicted molar refractivity (Wildman–Crippen MR) is 111 cm³/mol. The summed E-state index contributed by atoms with van der Waals surface area (Å²) in [7, 11) is 3.86. The fourth-order valence-electron chi connectivity index (χ4n) is 2.08. The van der Waals surface area contributed by atoms with Crippen LogP contribution in [0.25, 0.3) is 0 Å². The van der Waals surface area contributed by atoms with E-state index in [9.17, 15) is 4.79 Å². The number of aromatic nitrogens is 1. The van der Waals surface area contributed by atoms with Crippen molar-refractivity contribution in [3.8, 4) is 0 Å². The summed E-state index contributed by atoms with van der Waals surface area (Å²) in [4.78, 5) is 18.7. The molecular weight excluding hydrogens is 427 g/mol. The molecule has 3 N–H and O–H groups in total. The van der Waals surface area contributed by atoms with Gasteiger partial charge in [-0.1, -0.05) is 34.1 Å². The summed E-state index contributed by atoms with van der Waals surface area (Å²) in [6.45, 7) is 2.10. The summed E-state index contributed by atoms with van der Waals surface area (Å²) < 4.78 is 0.949. The van der Waals surface area contributed by atoms with Crippen molar-refractivity contribution in [1.29, 1.82) is 0 Å². The molecule has 1 atom stereocenters. The lowest BCUT2D eigenvalue weighted by Crippen LogP contribution is -2.48. The van der Waals surface area contributed by atoms with Crippen LogP contribution < -0.4 is 16.0 Å². The number of nitrogens with zero attached hydrogens (tertiary/aromatic N) is 2. The molecule has 1 unspecified atom stereocenters. The minimum Gasteiger partial charge on any atom is -0.363 e. The van der Waals surface area contributed by atoms with Crippen LogP contribution in [-0.2, 0) is 16.9 Å². The van der Waals surface area contributed by atoms with E-state index in [1.807, 2.05) is 55.4 Å². The normalized spacial score (nSPS) is 12.2. The van der Waals surface area contributed by atoms with Crippen molar-refractivity contribution < 1.29 is 4.79 Å². The molecule has 25 heavy (non-hydrogen) atoms. The minimum absolute atomic E-state index is 0. The first-order chi connectivity index (χ1) is 10.8. The molecule has 1 heterocycles. The van der Waals surface area contributed by atoms with E-state index in [-0.39, 0.29) is 30.7 Å². The standard InChI is InChI=1S/C17H21BrN4O.2ClH/c1-17(19,13-5-7-14(18)8-6-13)16(23)21-11-12-4-9-15(20-10-12)22(2)3;;/h4-10H,11,19H2,1-3H3,(H,21,23);2*1H. The number of amides is 1. The van der Waals surface area contributed by atoms with E-state index in [0.717, 1.165) is 21.4 Å². The van der Waals surface area contributed by atoms with Gasteiger partial charge in [-0.05, 0) is 36.2 Å². The van der Waals surface area contributed by atoms with Crippen LogP contribution in [-0.4, -0.2) is 25.0 Å². The maximum absolute atomic E-state index is 12.4. The second-order valence-corrected chi connectivity index (χ2v) is 6.73. The lowest BCUT2D eigenvalue weighted by atomic mass is 9.92. The van der Waals surface area contributed by atoms with Gasteiger partial charge in [-0.2, -0.15) is 0 Å². The number of benzene rings is 1. The van der Waals surface area contributed by atoms with Crippen molar-refractivity contribution in [3.63, 3.8) is 0 Å². The van der Waals surface area contributed by atoms with Crippen LogP contribution in [0.4, 0.5) is 5.82 Å². The maximum Gasteiger partial charge on any atom is 0.244 e. The summed E-state index contributed by atoms with van der Waals surface area (Å²) in [6, 6.07) is 11.3. The Bertz CT molecular complexity index is 676. The Morgan fingerprint density at radius 1 is 1.20 bits per heavy atom. The SMILES string of the molecule is CN(C)c1ccc(CNC(=O)C(C)(N)c2ccc(Br)cc2)cn1.Cl.Cl. The van der Waals surface area contributed by atoms with Gasteiger partial charge in [0.1, 0.15) is 11.4 Å². The first-order valence-electron chi connectivity index (χ1n) is 7.26. The van der Waals surface area contributed by atoms with E-state index in [0.29, 0.717) is 6.54 Å². The van der Waals surface area contributed by atoms with E-state index < -0.39 is 5.54 Å². The van der Waals surface area contributed by atoms with E-state index >= 15 is 0 Å². The van der Waals surface area contributed by atoms with Crippen LogP contribution in [0.5, 0.6) is 0 Å². The Morgan fingerprint density at radius 2 is 1.80 bits per heavy atom. The van der Waals surface area contributed by atoms with E-state index in [1.54, 1.807) is 13.1 Å². The van der Waals surface area contributed by atoms with Crippen molar-refractivity contribution in [2.45, 2.75) is 19.0 Å². The van der Waals surface area contributed by atoms with Crippen LogP contribution in [0.2, 0.25) is 0 Å². The van der Waals surface area contributed by atoms with Crippen LogP contribution in [0.3, 0.4) is 0 Å². The number of carbonyl (C=O) groups excluding carboxylic acids is 1. The van der Waals surface area contributed by atoms with Gasteiger partial charge in [-0.25, -0.2) is 4.98 Å². The molecule has 138 valence electrons. The Labute approximate surface area is 169 Å². The summed E-state index contributed by atoms with van der Waals surface area (Å²) in [6.07, 6.45) is 1.75. The largest absolute Gasteiger partial charge is 0.363 e. The molecular formula is C17H23BrCl2N4O. The molecule has 0 radical (unpaired) electrons. The van der Waals surface area contributed by atoms with E-state index in [4.69, 9.17) is 5.73 Å². The van der Waals surface area contributed by atoms with Crippen molar-refractivity contribution in [3.05, 3.63) is 58.2 Å². The quantitative estimate of drug-likeness (QED) is 0.734. The fourth-order valence-corrected chi connectivity index (χ4v) is 2.34. The minimum atomic E-state index is -1.09. The summed E-state index contributed by atoms with van der Waals surface area (Å²) >= 11 is 3.37. The molecule has 0 aliphatic heterocycles. The first kappa shape index (κ1) is 23.7. The average Bonchev–Trinajstić information content (AvgIpc) is 2.53. The molecule has 1 amide bonds. The molecule has 2 rings (SSSR count). The van der Waals surface area contributed by atoms with Gasteiger partial charge in [0.25, 0.3) is 0 Å². The smallest absolute Gasteiger partial charge is 0.244 e. The second kappa shape index (κ2) is 9.97. The zero-order valence-corrected chi connectivity index (χ0v) is 17.5. The molecule has 1 aromatic heterocycles. The topological polar surface area (TPSA) is 71.2 Å². The molecule has 0 aliphatic carbocycles. The average molecular weight is 450 g/mol. The Morgan fingerprint density at radius 3 is 2.28 bits per heavy atom. The maximum atomic E-state index is 12.4. The van der Waals surface area contributed by atoms with Crippen LogP contribution in [0.1, 0.15) is 18.1 Å². The van der Waals surface area contributed by atoms with Crippen molar-refractivity contribution in [2.75, 3.05) is 19.0 Å². The monoisotopic (exact) mass is 448 g/mol. The Hall–Kier alpha value is -1.34. The predicted octanol–water partition coefficient (Wildman–Crippen LogP) is 3.24. The number of hydrogen-bond donors (Lipinski definition) is 2. The van der Waals surface area contributed by atoms with Crippen LogP contribution in [0.15, 0.2) is 47.1 Å². The molecule has 0 fully saturated rings. The lowest BCUT2D eigenvalue weighted by Gasteiger charge is -2.24. The zero-order chi connectivity index (χ0) is 17.0. The van der Waals surface area contributed by atoms with Crippen molar-refractivity contribution >= 4 is 52.5 Å². The molecule has 0 saturated carbocycles. The molecule has 5 nitrogen and oxygen atoms in total. The summed E-state index contributed by atoms with van der Waals surface area (Å²) in [5.41, 5.74) is 6.81. The third-order valence-electron chi connectivity index (χ3n) is 3.64. The number of nitrogens with one attached hydrogen (secondary N) is 1. The van der Waals surface area contributed by atoms with Gasteiger partial charge >= 0.3 is 0 Å². The molecule has 0 bridgehead atoms. The van der Waals surface area contributed by atoms with Crippen molar-refractivity contribution in [2.24, 2.45) is 5.73 Å². The van der Waals surface area contributed by atoms with Crippen LogP contribution in [0, 0.1) is 0 Å². The molecule has 0 aliphatic rings. The first-order valence-corrected chi connectivity index (χ1v) is 8.05. The van der Waals surface area contributed by atoms with Gasteiger partial charge in [0.15, 0.2) is 0 Å². The highest BCUT2D eigenvalue weighted by molar-refractivity contribution is 9.10. The number of halogens is 3. The zero-order valence-electron chi connectivity index (χ0n) is 14.3. The summed E-state index contributed by atoms with van der Waals surface area (Å²) in [5, 5.41) is 2.87. The Kier molecular flexibility index (Phi) is 9.43. The highest BCUT2D eigenvalue weighted by Crippen LogP contribution is 2.20. The van der Waals surface area contributed by atoms with E-state index in [1.165, 1.54) is 0 Å².